The van der Waals surface area contributed by atoms with Gasteiger partial charge in [-0.2, -0.15) is 0 Å². The molecular weight excluding hydrogens is 242 g/mol. The number of rotatable bonds is 15. The van der Waals surface area contributed by atoms with Gasteiger partial charge in [-0.05, 0) is 12.8 Å². The van der Waals surface area contributed by atoms with Crippen molar-refractivity contribution in [1.29, 1.82) is 0 Å². The first-order valence-corrected chi connectivity index (χ1v) is 7.85. The van der Waals surface area contributed by atoms with Gasteiger partial charge < -0.3 is 19.9 Å². The van der Waals surface area contributed by atoms with Gasteiger partial charge in [0.1, 0.15) is 0 Å². The van der Waals surface area contributed by atoms with Crippen LogP contribution in [0.15, 0.2) is 0 Å². The standard InChI is InChI=1S/C15H33NO3/c1-3-5-7-8-11-19-14-15(17)13-16-9-12-18-10-6-4-2/h15-17H,3-14H2,1-2H3. The zero-order valence-electron chi connectivity index (χ0n) is 12.8. The molecule has 0 rings (SSSR count). The number of ether oxygens (including phenoxy) is 2. The van der Waals surface area contributed by atoms with Crippen LogP contribution in [0.3, 0.4) is 0 Å². The van der Waals surface area contributed by atoms with E-state index in [1.54, 1.807) is 0 Å². The van der Waals surface area contributed by atoms with Crippen molar-refractivity contribution in [2.24, 2.45) is 0 Å². The molecule has 0 fully saturated rings. The number of aliphatic hydroxyl groups is 1. The summed E-state index contributed by atoms with van der Waals surface area (Å²) in [6.45, 7) is 8.45. The predicted molar refractivity (Wildman–Crippen MR) is 79.6 cm³/mol. The van der Waals surface area contributed by atoms with E-state index in [9.17, 15) is 5.11 Å². The highest BCUT2D eigenvalue weighted by molar-refractivity contribution is 4.58. The molecule has 0 bridgehead atoms. The summed E-state index contributed by atoms with van der Waals surface area (Å²) in [7, 11) is 0. The number of unbranched alkanes of at least 4 members (excludes halogenated alkanes) is 4. The smallest absolute Gasteiger partial charge is 0.0897 e. The molecule has 0 aromatic rings. The molecule has 0 aromatic heterocycles. The maximum atomic E-state index is 9.66. The van der Waals surface area contributed by atoms with Gasteiger partial charge in [-0.25, -0.2) is 0 Å². The van der Waals surface area contributed by atoms with Crippen LogP contribution in [0.2, 0.25) is 0 Å². The Kier molecular flexibility index (Phi) is 15.8. The summed E-state index contributed by atoms with van der Waals surface area (Å²) < 4.78 is 10.8. The zero-order chi connectivity index (χ0) is 14.2. The normalized spacial score (nSPS) is 12.8. The van der Waals surface area contributed by atoms with E-state index in [0.717, 1.165) is 32.6 Å². The topological polar surface area (TPSA) is 50.7 Å². The molecule has 0 saturated carbocycles. The highest BCUT2D eigenvalue weighted by Crippen LogP contribution is 1.99. The lowest BCUT2D eigenvalue weighted by Crippen LogP contribution is -2.32. The Morgan fingerprint density at radius 2 is 1.63 bits per heavy atom. The second-order valence-corrected chi connectivity index (χ2v) is 4.96. The van der Waals surface area contributed by atoms with E-state index < -0.39 is 6.10 Å². The average molecular weight is 275 g/mol. The fourth-order valence-corrected chi connectivity index (χ4v) is 1.67. The van der Waals surface area contributed by atoms with Gasteiger partial charge in [0, 0.05) is 26.3 Å². The minimum atomic E-state index is -0.415. The van der Waals surface area contributed by atoms with Crippen molar-refractivity contribution in [3.05, 3.63) is 0 Å². The fourth-order valence-electron chi connectivity index (χ4n) is 1.67. The Hall–Kier alpha value is -0.160. The lowest BCUT2D eigenvalue weighted by molar-refractivity contribution is 0.0342. The van der Waals surface area contributed by atoms with E-state index in [1.807, 2.05) is 0 Å². The van der Waals surface area contributed by atoms with Crippen LogP contribution in [0.25, 0.3) is 0 Å². The van der Waals surface area contributed by atoms with E-state index in [4.69, 9.17) is 9.47 Å². The molecule has 19 heavy (non-hydrogen) atoms. The zero-order valence-corrected chi connectivity index (χ0v) is 12.8. The first-order chi connectivity index (χ1) is 9.31. The molecule has 0 aliphatic rings. The van der Waals surface area contributed by atoms with Crippen LogP contribution in [0.4, 0.5) is 0 Å². The van der Waals surface area contributed by atoms with Gasteiger partial charge in [0.05, 0.1) is 19.3 Å². The lowest BCUT2D eigenvalue weighted by Gasteiger charge is -2.12. The molecule has 0 aliphatic carbocycles. The van der Waals surface area contributed by atoms with E-state index in [-0.39, 0.29) is 0 Å². The first kappa shape index (κ1) is 18.8. The Morgan fingerprint density at radius 1 is 0.895 bits per heavy atom. The monoisotopic (exact) mass is 275 g/mol. The number of nitrogens with one attached hydrogen (secondary N) is 1. The number of aliphatic hydroxyl groups excluding tert-OH is 1. The Bertz CT molecular complexity index is 167. The van der Waals surface area contributed by atoms with E-state index in [1.165, 1.54) is 25.7 Å². The van der Waals surface area contributed by atoms with Crippen LogP contribution in [-0.2, 0) is 9.47 Å². The van der Waals surface area contributed by atoms with Gasteiger partial charge in [-0.3, -0.25) is 0 Å². The molecule has 1 unspecified atom stereocenters. The van der Waals surface area contributed by atoms with Gasteiger partial charge in [0.2, 0.25) is 0 Å². The molecule has 0 aliphatic heterocycles. The summed E-state index contributed by atoms with van der Waals surface area (Å²) in [6, 6.07) is 0. The molecule has 0 aromatic carbocycles. The van der Waals surface area contributed by atoms with Crippen LogP contribution in [0, 0.1) is 0 Å². The highest BCUT2D eigenvalue weighted by Gasteiger charge is 2.03. The third kappa shape index (κ3) is 15.8. The van der Waals surface area contributed by atoms with Crippen molar-refractivity contribution >= 4 is 0 Å². The maximum Gasteiger partial charge on any atom is 0.0897 e. The minimum Gasteiger partial charge on any atom is -0.389 e. The molecule has 0 amide bonds. The number of hydrogen-bond donors (Lipinski definition) is 2. The van der Waals surface area contributed by atoms with Crippen LogP contribution >= 0.6 is 0 Å². The van der Waals surface area contributed by atoms with Gasteiger partial charge in [-0.15, -0.1) is 0 Å². The summed E-state index contributed by atoms with van der Waals surface area (Å²) in [5, 5.41) is 12.8. The molecule has 1 atom stereocenters. The minimum absolute atomic E-state index is 0.415. The highest BCUT2D eigenvalue weighted by atomic mass is 16.5. The van der Waals surface area contributed by atoms with Crippen LogP contribution in [0.1, 0.15) is 52.4 Å². The maximum absolute atomic E-state index is 9.66. The summed E-state index contributed by atoms with van der Waals surface area (Å²) in [5.41, 5.74) is 0. The SMILES string of the molecule is CCCCCCOCC(O)CNCCOCCCC. The number of hydrogen-bond acceptors (Lipinski definition) is 4. The van der Waals surface area contributed by atoms with Crippen LogP contribution in [0.5, 0.6) is 0 Å². The third-order valence-electron chi connectivity index (χ3n) is 2.90. The van der Waals surface area contributed by atoms with E-state index in [0.29, 0.717) is 19.8 Å². The van der Waals surface area contributed by atoms with Crippen molar-refractivity contribution in [3.63, 3.8) is 0 Å². The summed E-state index contributed by atoms with van der Waals surface area (Å²) in [5.74, 6) is 0. The summed E-state index contributed by atoms with van der Waals surface area (Å²) in [4.78, 5) is 0. The average Bonchev–Trinajstić information content (AvgIpc) is 2.41. The molecular formula is C15H33NO3. The van der Waals surface area contributed by atoms with Gasteiger partial charge in [0.25, 0.3) is 0 Å². The lowest BCUT2D eigenvalue weighted by atomic mass is 10.2. The second-order valence-electron chi connectivity index (χ2n) is 4.96. The second kappa shape index (κ2) is 15.9. The molecule has 0 spiro atoms. The van der Waals surface area contributed by atoms with Crippen LogP contribution in [-0.4, -0.2) is 50.7 Å². The summed E-state index contributed by atoms with van der Waals surface area (Å²) >= 11 is 0. The molecule has 4 nitrogen and oxygen atoms in total. The van der Waals surface area contributed by atoms with Gasteiger partial charge >= 0.3 is 0 Å². The van der Waals surface area contributed by atoms with E-state index >= 15 is 0 Å². The summed E-state index contributed by atoms with van der Waals surface area (Å²) in [6.07, 6.45) is 6.70. The molecule has 116 valence electrons. The van der Waals surface area contributed by atoms with Crippen LogP contribution < -0.4 is 5.32 Å². The predicted octanol–water partition coefficient (Wildman–Crippen LogP) is 2.35. The Morgan fingerprint density at radius 3 is 2.37 bits per heavy atom. The van der Waals surface area contributed by atoms with Crippen molar-refractivity contribution in [1.82, 2.24) is 5.32 Å². The van der Waals surface area contributed by atoms with Crippen molar-refractivity contribution in [3.8, 4) is 0 Å². The quantitative estimate of drug-likeness (QED) is 0.450. The first-order valence-electron chi connectivity index (χ1n) is 7.85. The van der Waals surface area contributed by atoms with Crippen molar-refractivity contribution in [2.45, 2.75) is 58.5 Å². The van der Waals surface area contributed by atoms with Gasteiger partial charge in [-0.1, -0.05) is 39.5 Å². The Labute approximate surface area is 118 Å². The van der Waals surface area contributed by atoms with Crippen molar-refractivity contribution in [2.75, 3.05) is 39.5 Å². The van der Waals surface area contributed by atoms with E-state index in [2.05, 4.69) is 19.2 Å². The van der Waals surface area contributed by atoms with Gasteiger partial charge in [0.15, 0.2) is 0 Å². The largest absolute Gasteiger partial charge is 0.389 e. The molecule has 2 N–H and O–H groups in total. The molecule has 0 saturated heterocycles. The third-order valence-corrected chi connectivity index (χ3v) is 2.90. The fraction of sp³-hybridized carbons (Fsp3) is 1.00. The Balaban J connectivity index is 3.10. The van der Waals surface area contributed by atoms with Crippen molar-refractivity contribution < 1.29 is 14.6 Å². The molecule has 0 radical (unpaired) electrons. The molecule has 4 heteroatoms. The molecule has 0 heterocycles.